The highest BCUT2D eigenvalue weighted by atomic mass is 16.2. The highest BCUT2D eigenvalue weighted by molar-refractivity contribution is 5.77. The van der Waals surface area contributed by atoms with Gasteiger partial charge in [0.1, 0.15) is 0 Å². The SMILES string of the molecule is Cc1ccc(CNc2ccccc2Nc2c(C)cccc2CCCO)cc1. The van der Waals surface area contributed by atoms with Gasteiger partial charge in [-0.1, -0.05) is 60.2 Å². The molecular weight excluding hydrogens is 332 g/mol. The monoisotopic (exact) mass is 360 g/mol. The summed E-state index contributed by atoms with van der Waals surface area (Å²) in [5.74, 6) is 0. The van der Waals surface area contributed by atoms with Gasteiger partial charge in [0.25, 0.3) is 0 Å². The fraction of sp³-hybridized carbons (Fsp3) is 0.250. The third-order valence-corrected chi connectivity index (χ3v) is 4.75. The molecule has 3 heteroatoms. The van der Waals surface area contributed by atoms with Gasteiger partial charge in [-0.25, -0.2) is 0 Å². The predicted molar refractivity (Wildman–Crippen MR) is 115 cm³/mol. The van der Waals surface area contributed by atoms with E-state index in [2.05, 4.69) is 79.1 Å². The number of hydrogen-bond acceptors (Lipinski definition) is 3. The Morgan fingerprint density at radius 2 is 1.56 bits per heavy atom. The molecule has 3 N–H and O–H groups in total. The smallest absolute Gasteiger partial charge is 0.0620 e. The van der Waals surface area contributed by atoms with E-state index in [4.69, 9.17) is 0 Å². The van der Waals surface area contributed by atoms with Gasteiger partial charge in [-0.15, -0.1) is 0 Å². The normalized spacial score (nSPS) is 10.6. The Labute approximate surface area is 162 Å². The minimum atomic E-state index is 0.210. The first-order valence-corrected chi connectivity index (χ1v) is 9.52. The van der Waals surface area contributed by atoms with E-state index < -0.39 is 0 Å². The molecule has 0 spiro atoms. The minimum absolute atomic E-state index is 0.210. The molecule has 0 fully saturated rings. The van der Waals surface area contributed by atoms with Gasteiger partial charge in [-0.3, -0.25) is 0 Å². The molecule has 0 aliphatic rings. The maximum atomic E-state index is 9.19. The number of benzene rings is 3. The van der Waals surface area contributed by atoms with Crippen molar-refractivity contribution >= 4 is 17.1 Å². The number of aryl methyl sites for hydroxylation is 3. The van der Waals surface area contributed by atoms with Gasteiger partial charge < -0.3 is 15.7 Å². The summed E-state index contributed by atoms with van der Waals surface area (Å²) in [4.78, 5) is 0. The topological polar surface area (TPSA) is 44.3 Å². The van der Waals surface area contributed by atoms with Crippen LogP contribution >= 0.6 is 0 Å². The molecule has 0 heterocycles. The highest BCUT2D eigenvalue weighted by Gasteiger charge is 2.08. The first-order valence-electron chi connectivity index (χ1n) is 9.52. The number of aliphatic hydroxyl groups is 1. The molecule has 0 bridgehead atoms. The molecule has 0 unspecified atom stereocenters. The molecule has 0 atom stereocenters. The molecule has 0 aromatic heterocycles. The van der Waals surface area contributed by atoms with Crippen LogP contribution in [0.4, 0.5) is 17.1 Å². The van der Waals surface area contributed by atoms with Crippen molar-refractivity contribution in [1.82, 2.24) is 0 Å². The number of hydrogen-bond donors (Lipinski definition) is 3. The Bertz CT molecular complexity index is 872. The van der Waals surface area contributed by atoms with E-state index in [0.29, 0.717) is 0 Å². The van der Waals surface area contributed by atoms with Crippen molar-refractivity contribution < 1.29 is 5.11 Å². The van der Waals surface area contributed by atoms with Crippen molar-refractivity contribution in [3.63, 3.8) is 0 Å². The van der Waals surface area contributed by atoms with Crippen LogP contribution in [0.3, 0.4) is 0 Å². The van der Waals surface area contributed by atoms with Crippen molar-refractivity contribution in [1.29, 1.82) is 0 Å². The lowest BCUT2D eigenvalue weighted by molar-refractivity contribution is 0.288. The summed E-state index contributed by atoms with van der Waals surface area (Å²) >= 11 is 0. The van der Waals surface area contributed by atoms with Crippen molar-refractivity contribution in [2.24, 2.45) is 0 Å². The number of anilines is 3. The molecule has 3 aromatic rings. The van der Waals surface area contributed by atoms with Gasteiger partial charge in [-0.05, 0) is 55.5 Å². The van der Waals surface area contributed by atoms with Gasteiger partial charge in [0, 0.05) is 18.8 Å². The fourth-order valence-corrected chi connectivity index (χ4v) is 3.17. The zero-order chi connectivity index (χ0) is 19.1. The summed E-state index contributed by atoms with van der Waals surface area (Å²) in [6, 6.07) is 23.2. The van der Waals surface area contributed by atoms with Crippen molar-refractivity contribution in [3.8, 4) is 0 Å². The molecule has 27 heavy (non-hydrogen) atoms. The lowest BCUT2D eigenvalue weighted by Crippen LogP contribution is -2.05. The number of aliphatic hydroxyl groups excluding tert-OH is 1. The van der Waals surface area contributed by atoms with Crippen LogP contribution in [0.2, 0.25) is 0 Å². The summed E-state index contributed by atoms with van der Waals surface area (Å²) < 4.78 is 0. The summed E-state index contributed by atoms with van der Waals surface area (Å²) in [5, 5.41) is 16.4. The lowest BCUT2D eigenvalue weighted by atomic mass is 10.0. The van der Waals surface area contributed by atoms with Gasteiger partial charge in [-0.2, -0.15) is 0 Å². The molecule has 0 saturated carbocycles. The Hall–Kier alpha value is -2.78. The Kier molecular flexibility index (Phi) is 6.50. The van der Waals surface area contributed by atoms with Crippen LogP contribution in [0.5, 0.6) is 0 Å². The van der Waals surface area contributed by atoms with E-state index in [1.165, 1.54) is 22.3 Å². The molecule has 3 aromatic carbocycles. The summed E-state index contributed by atoms with van der Waals surface area (Å²) in [6.07, 6.45) is 1.63. The van der Waals surface area contributed by atoms with Crippen LogP contribution in [-0.4, -0.2) is 11.7 Å². The second-order valence-corrected chi connectivity index (χ2v) is 6.95. The first-order chi connectivity index (χ1) is 13.2. The number of para-hydroxylation sites is 3. The minimum Gasteiger partial charge on any atom is -0.396 e. The van der Waals surface area contributed by atoms with Crippen molar-refractivity contribution in [2.75, 3.05) is 17.2 Å². The second kappa shape index (κ2) is 9.24. The maximum absolute atomic E-state index is 9.19. The predicted octanol–water partition coefficient (Wildman–Crippen LogP) is 5.58. The fourth-order valence-electron chi connectivity index (χ4n) is 3.17. The standard InChI is InChI=1S/C24H28N2O/c1-18-12-14-20(15-13-18)17-25-22-10-3-4-11-23(22)26-24-19(2)7-5-8-21(24)9-6-16-27/h3-5,7-8,10-15,25-27H,6,9,16-17H2,1-2H3. The second-order valence-electron chi connectivity index (χ2n) is 6.95. The molecule has 0 aliphatic carbocycles. The van der Waals surface area contributed by atoms with Crippen LogP contribution in [-0.2, 0) is 13.0 Å². The average Bonchev–Trinajstić information content (AvgIpc) is 2.69. The molecule has 3 rings (SSSR count). The molecule has 3 nitrogen and oxygen atoms in total. The van der Waals surface area contributed by atoms with E-state index in [1.807, 2.05) is 12.1 Å². The van der Waals surface area contributed by atoms with E-state index in [0.717, 1.165) is 36.4 Å². The number of rotatable bonds is 8. The van der Waals surface area contributed by atoms with Crippen LogP contribution in [0.15, 0.2) is 66.7 Å². The van der Waals surface area contributed by atoms with Crippen molar-refractivity contribution in [2.45, 2.75) is 33.2 Å². The van der Waals surface area contributed by atoms with Crippen LogP contribution in [0.25, 0.3) is 0 Å². The maximum Gasteiger partial charge on any atom is 0.0620 e. The Morgan fingerprint density at radius 3 is 2.30 bits per heavy atom. The third-order valence-electron chi connectivity index (χ3n) is 4.75. The molecule has 0 amide bonds. The lowest BCUT2D eigenvalue weighted by Gasteiger charge is -2.18. The first kappa shape index (κ1) is 19.0. The quantitative estimate of drug-likeness (QED) is 0.491. The van der Waals surface area contributed by atoms with E-state index in [9.17, 15) is 5.11 Å². The summed E-state index contributed by atoms with van der Waals surface area (Å²) in [6.45, 7) is 5.21. The summed E-state index contributed by atoms with van der Waals surface area (Å²) in [7, 11) is 0. The average molecular weight is 361 g/mol. The van der Waals surface area contributed by atoms with Crippen LogP contribution < -0.4 is 10.6 Å². The molecule has 0 aliphatic heterocycles. The van der Waals surface area contributed by atoms with Gasteiger partial charge in [0.2, 0.25) is 0 Å². The zero-order valence-electron chi connectivity index (χ0n) is 16.1. The molecule has 140 valence electrons. The Balaban J connectivity index is 1.79. The number of nitrogens with one attached hydrogen (secondary N) is 2. The molecule has 0 saturated heterocycles. The highest BCUT2D eigenvalue weighted by Crippen LogP contribution is 2.30. The van der Waals surface area contributed by atoms with Gasteiger partial charge in [0.05, 0.1) is 11.4 Å². The summed E-state index contributed by atoms with van der Waals surface area (Å²) in [5.41, 5.74) is 8.25. The molecular formula is C24H28N2O. The van der Waals surface area contributed by atoms with Gasteiger partial charge >= 0.3 is 0 Å². The van der Waals surface area contributed by atoms with E-state index in [1.54, 1.807) is 0 Å². The van der Waals surface area contributed by atoms with Gasteiger partial charge in [0.15, 0.2) is 0 Å². The van der Waals surface area contributed by atoms with E-state index in [-0.39, 0.29) is 6.61 Å². The Morgan fingerprint density at radius 1 is 0.815 bits per heavy atom. The zero-order valence-corrected chi connectivity index (χ0v) is 16.1. The molecule has 0 radical (unpaired) electrons. The van der Waals surface area contributed by atoms with E-state index >= 15 is 0 Å². The third kappa shape index (κ3) is 5.11. The largest absolute Gasteiger partial charge is 0.396 e. The van der Waals surface area contributed by atoms with Crippen LogP contribution in [0, 0.1) is 13.8 Å². The van der Waals surface area contributed by atoms with Crippen molar-refractivity contribution in [3.05, 3.63) is 89.0 Å². The van der Waals surface area contributed by atoms with Crippen LogP contribution in [0.1, 0.15) is 28.7 Å².